The van der Waals surface area contributed by atoms with Crippen LogP contribution in [0.2, 0.25) is 0 Å². The molecule has 0 saturated carbocycles. The number of benzene rings is 2. The molecule has 0 aliphatic rings. The second kappa shape index (κ2) is 7.35. The second-order valence-corrected chi connectivity index (χ2v) is 20.5. The van der Waals surface area contributed by atoms with Gasteiger partial charge in [-0.3, -0.25) is 0 Å². The molecule has 0 radical (unpaired) electrons. The lowest BCUT2D eigenvalue weighted by molar-refractivity contribution is 1.09. The van der Waals surface area contributed by atoms with Crippen LogP contribution in [0.3, 0.4) is 0 Å². The first kappa shape index (κ1) is 17.1. The van der Waals surface area contributed by atoms with E-state index in [0.29, 0.717) is 5.66 Å². The van der Waals surface area contributed by atoms with Crippen LogP contribution < -0.4 is 4.67 Å². The van der Waals surface area contributed by atoms with Crippen LogP contribution in [0.1, 0.15) is 13.8 Å². The van der Waals surface area contributed by atoms with Crippen molar-refractivity contribution in [2.24, 2.45) is 0 Å². The Morgan fingerprint density at radius 2 is 1.19 bits per heavy atom. The monoisotopic (exact) mass is 375 g/mol. The number of nitrogens with zero attached hydrogens (tertiary/aromatic N) is 1. The van der Waals surface area contributed by atoms with Gasteiger partial charge in [-0.15, -0.1) is 33.2 Å². The van der Waals surface area contributed by atoms with Gasteiger partial charge in [-0.2, -0.15) is 0 Å². The standard InChI is InChI=1S/C15H17Cl3NPSi/c1-13(2)20(21(16,17)18)19(14-9-5-3-6-10-14)15-11-7-4-8-12-15/h3-13H,1-2H3. The van der Waals surface area contributed by atoms with Gasteiger partial charge < -0.3 is 4.67 Å². The number of para-hydroxylation sites is 2. The predicted molar refractivity (Wildman–Crippen MR) is 100 cm³/mol. The van der Waals surface area contributed by atoms with Crippen molar-refractivity contribution in [3.8, 4) is 0 Å². The average Bonchev–Trinajstić information content (AvgIpc) is 2.44. The maximum atomic E-state index is 6.45. The first-order valence-corrected chi connectivity index (χ1v) is 13.9. The average molecular weight is 377 g/mol. The van der Waals surface area contributed by atoms with Crippen molar-refractivity contribution in [3.63, 3.8) is 0 Å². The molecule has 1 unspecified atom stereocenters. The number of halogens is 3. The van der Waals surface area contributed by atoms with E-state index in [1.54, 1.807) is 0 Å². The van der Waals surface area contributed by atoms with E-state index >= 15 is 0 Å². The molecule has 1 nitrogen and oxygen atoms in total. The van der Waals surface area contributed by atoms with Crippen molar-refractivity contribution >= 4 is 57.9 Å². The Kier molecular flexibility index (Phi) is 5.99. The lowest BCUT2D eigenvalue weighted by Gasteiger charge is -2.39. The molecule has 21 heavy (non-hydrogen) atoms. The highest BCUT2D eigenvalue weighted by Crippen LogP contribution is 2.63. The van der Waals surface area contributed by atoms with Crippen molar-refractivity contribution in [3.05, 3.63) is 60.7 Å². The zero-order valence-electron chi connectivity index (χ0n) is 11.9. The smallest absolute Gasteiger partial charge is 0.320 e. The molecule has 0 aliphatic carbocycles. The van der Waals surface area contributed by atoms with E-state index in [4.69, 9.17) is 33.2 Å². The Labute approximate surface area is 142 Å². The van der Waals surface area contributed by atoms with Gasteiger partial charge in [-0.25, -0.2) is 0 Å². The summed E-state index contributed by atoms with van der Waals surface area (Å²) in [5, 5.41) is 0. The third kappa shape index (κ3) is 4.37. The van der Waals surface area contributed by atoms with Gasteiger partial charge in [0.05, 0.1) is 0 Å². The summed E-state index contributed by atoms with van der Waals surface area (Å²) in [5.41, 5.74) is -0.436. The van der Waals surface area contributed by atoms with Gasteiger partial charge in [0.25, 0.3) is 0 Å². The third-order valence-corrected chi connectivity index (χ3v) is 13.7. The topological polar surface area (TPSA) is 3.24 Å². The van der Waals surface area contributed by atoms with Gasteiger partial charge in [-0.1, -0.05) is 50.2 Å². The van der Waals surface area contributed by atoms with Gasteiger partial charge >= 0.3 is 5.67 Å². The summed E-state index contributed by atoms with van der Waals surface area (Å²) in [6, 6.07) is 20.3. The Hall–Kier alpha value is -0.243. The molecule has 0 aromatic heterocycles. The molecule has 0 saturated heterocycles. The van der Waals surface area contributed by atoms with Crippen LogP contribution in [-0.2, 0) is 0 Å². The van der Waals surface area contributed by atoms with Crippen molar-refractivity contribution < 1.29 is 0 Å². The van der Waals surface area contributed by atoms with Crippen LogP contribution in [0, 0.1) is 0 Å². The van der Waals surface area contributed by atoms with E-state index < -0.39 is 13.3 Å². The Morgan fingerprint density at radius 1 is 0.810 bits per heavy atom. The first-order valence-electron chi connectivity index (χ1n) is 6.67. The summed E-state index contributed by atoms with van der Waals surface area (Å²) in [6.45, 7) is 4.25. The van der Waals surface area contributed by atoms with E-state index in [-0.39, 0.29) is 0 Å². The molecule has 0 N–H and O–H groups in total. The second-order valence-electron chi connectivity index (χ2n) is 4.89. The number of rotatable bonds is 5. The summed E-state index contributed by atoms with van der Waals surface area (Å²) in [7, 11) is -0.908. The van der Waals surface area contributed by atoms with Gasteiger partial charge in [-0.05, 0) is 29.9 Å². The van der Waals surface area contributed by atoms with Crippen molar-refractivity contribution in [1.29, 1.82) is 0 Å². The van der Waals surface area contributed by atoms with E-state index in [1.807, 2.05) is 36.4 Å². The lowest BCUT2D eigenvalue weighted by Crippen LogP contribution is -2.26. The number of anilines is 2. The van der Waals surface area contributed by atoms with Crippen molar-refractivity contribution in [2.75, 3.05) is 4.67 Å². The quantitative estimate of drug-likeness (QED) is 0.316. The summed E-state index contributed by atoms with van der Waals surface area (Å²) in [5.74, 6) is 0. The Bertz CT molecular complexity index is 521. The molecule has 0 amide bonds. The largest absolute Gasteiger partial charge is 0.387 e. The molecule has 2 rings (SSSR count). The maximum absolute atomic E-state index is 6.45. The molecule has 2 aromatic rings. The molecule has 6 heteroatoms. The summed E-state index contributed by atoms with van der Waals surface area (Å²) in [4.78, 5) is 0. The third-order valence-electron chi connectivity index (χ3n) is 2.97. The van der Waals surface area contributed by atoms with Crippen LogP contribution >= 0.6 is 40.9 Å². The highest BCUT2D eigenvalue weighted by Gasteiger charge is 2.44. The van der Waals surface area contributed by atoms with Crippen LogP contribution in [0.25, 0.3) is 0 Å². The summed E-state index contributed by atoms with van der Waals surface area (Å²) in [6.07, 6.45) is 0. The van der Waals surface area contributed by atoms with Crippen LogP contribution in [0.15, 0.2) is 60.7 Å². The van der Waals surface area contributed by atoms with Crippen LogP contribution in [0.5, 0.6) is 0 Å². The zero-order valence-corrected chi connectivity index (χ0v) is 16.0. The maximum Gasteiger partial charge on any atom is 0.387 e. The molecule has 0 aliphatic heterocycles. The van der Waals surface area contributed by atoms with Crippen molar-refractivity contribution in [1.82, 2.24) is 0 Å². The SMILES string of the molecule is CC(C)P(N(c1ccccc1)c1ccccc1)[Si](Cl)(Cl)Cl. The fourth-order valence-electron chi connectivity index (χ4n) is 2.17. The number of hydrogen-bond donors (Lipinski definition) is 0. The van der Waals surface area contributed by atoms with Crippen LogP contribution in [-0.4, -0.2) is 11.3 Å². The molecular formula is C15H17Cl3NPSi. The molecule has 0 heterocycles. The molecule has 0 fully saturated rings. The van der Waals surface area contributed by atoms with E-state index in [9.17, 15) is 0 Å². The normalized spacial score (nSPS) is 13.2. The molecule has 0 spiro atoms. The lowest BCUT2D eigenvalue weighted by atomic mass is 10.3. The molecular weight excluding hydrogens is 360 g/mol. The number of hydrogen-bond acceptors (Lipinski definition) is 1. The first-order chi connectivity index (χ1) is 9.91. The minimum absolute atomic E-state index is 0.291. The summed E-state index contributed by atoms with van der Waals surface area (Å²) >= 11 is 19.3. The fraction of sp³-hybridized carbons (Fsp3) is 0.200. The van der Waals surface area contributed by atoms with Crippen molar-refractivity contribution in [2.45, 2.75) is 19.5 Å². The minimum Gasteiger partial charge on any atom is -0.320 e. The molecule has 1 atom stereocenters. The minimum atomic E-state index is -2.87. The fourth-order valence-corrected chi connectivity index (χ4v) is 14.7. The van der Waals surface area contributed by atoms with Gasteiger partial charge in [0.15, 0.2) is 0 Å². The van der Waals surface area contributed by atoms with Gasteiger partial charge in [0.1, 0.15) is 0 Å². The predicted octanol–water partition coefficient (Wildman–Crippen LogP) is 6.78. The van der Waals surface area contributed by atoms with Crippen LogP contribution in [0.4, 0.5) is 11.4 Å². The molecule has 112 valence electrons. The highest BCUT2D eigenvalue weighted by molar-refractivity contribution is 8.19. The van der Waals surface area contributed by atoms with E-state index in [1.165, 1.54) is 0 Å². The Morgan fingerprint density at radius 3 is 1.48 bits per heavy atom. The highest BCUT2D eigenvalue weighted by atomic mass is 35.9. The Balaban J connectivity index is 2.55. The van der Waals surface area contributed by atoms with E-state index in [2.05, 4.69) is 42.8 Å². The zero-order chi connectivity index (χ0) is 15.5. The molecule has 0 bridgehead atoms. The van der Waals surface area contributed by atoms with E-state index in [0.717, 1.165) is 11.4 Å². The van der Waals surface area contributed by atoms with Gasteiger partial charge in [0, 0.05) is 19.0 Å². The molecule has 2 aromatic carbocycles. The van der Waals surface area contributed by atoms with Gasteiger partial charge in [0.2, 0.25) is 0 Å². The summed E-state index contributed by atoms with van der Waals surface area (Å²) < 4.78 is 2.22.